The molecule has 0 N–H and O–H groups in total. The van der Waals surface area contributed by atoms with Crippen LogP contribution in [-0.2, 0) is 0 Å². The molecule has 150 valence electrons. The number of hydrogen-bond donors (Lipinski definition) is 0. The van der Waals surface area contributed by atoms with Crippen molar-refractivity contribution in [2.75, 3.05) is 32.2 Å². The minimum atomic E-state index is 0.155. The molecule has 0 amide bonds. The van der Waals surface area contributed by atoms with E-state index in [1.807, 2.05) is 23.1 Å². The molecule has 4 rings (SSSR count). The van der Waals surface area contributed by atoms with Crippen LogP contribution in [0.2, 0.25) is 0 Å². The topological polar surface area (TPSA) is 110 Å². The summed E-state index contributed by atoms with van der Waals surface area (Å²) >= 11 is 0. The molecule has 9 nitrogen and oxygen atoms in total. The summed E-state index contributed by atoms with van der Waals surface area (Å²) in [5.74, 6) is 3.58. The zero-order valence-corrected chi connectivity index (χ0v) is 16.5. The number of anilines is 1. The number of rotatable bonds is 5. The van der Waals surface area contributed by atoms with Crippen LogP contribution in [0.25, 0.3) is 11.4 Å². The van der Waals surface area contributed by atoms with Crippen LogP contribution >= 0.6 is 0 Å². The summed E-state index contributed by atoms with van der Waals surface area (Å²) < 4.78 is 21.8. The fourth-order valence-corrected chi connectivity index (χ4v) is 3.53. The van der Waals surface area contributed by atoms with E-state index >= 15 is 0 Å². The van der Waals surface area contributed by atoms with Gasteiger partial charge in [-0.3, -0.25) is 0 Å². The van der Waals surface area contributed by atoms with Gasteiger partial charge >= 0.3 is 0 Å². The van der Waals surface area contributed by atoms with Crippen molar-refractivity contribution in [3.63, 3.8) is 0 Å². The van der Waals surface area contributed by atoms with E-state index in [0.717, 1.165) is 31.5 Å². The summed E-state index contributed by atoms with van der Waals surface area (Å²) in [5, 5.41) is 13.4. The summed E-state index contributed by atoms with van der Waals surface area (Å²) in [5.41, 5.74) is 1.13. The van der Waals surface area contributed by atoms with Gasteiger partial charge in [0.2, 0.25) is 23.3 Å². The van der Waals surface area contributed by atoms with E-state index in [0.29, 0.717) is 40.7 Å². The Bertz CT molecular complexity index is 1040. The van der Waals surface area contributed by atoms with Gasteiger partial charge in [-0.15, -0.1) is 0 Å². The van der Waals surface area contributed by atoms with Crippen molar-refractivity contribution in [3.05, 3.63) is 35.7 Å². The number of nitriles is 1. The molecule has 0 bridgehead atoms. The number of methoxy groups -OCH3 is 2. The number of aromatic nitrogens is 3. The molecule has 0 spiro atoms. The average Bonchev–Trinajstić information content (AvgIpc) is 3.40. The van der Waals surface area contributed by atoms with Gasteiger partial charge in [0.05, 0.1) is 14.2 Å². The van der Waals surface area contributed by atoms with Crippen LogP contribution in [0.3, 0.4) is 0 Å². The molecule has 3 heterocycles. The molecule has 1 saturated heterocycles. The normalized spacial score (nSPS) is 14.6. The molecule has 0 aliphatic carbocycles. The highest BCUT2D eigenvalue weighted by Gasteiger charge is 2.28. The molecule has 1 aromatic carbocycles. The lowest BCUT2D eigenvalue weighted by Gasteiger charge is -2.29. The Morgan fingerprint density at radius 1 is 1.14 bits per heavy atom. The smallest absolute Gasteiger partial charge is 0.234 e. The first kappa shape index (κ1) is 18.8. The lowest BCUT2D eigenvalue weighted by atomic mass is 9.97. The van der Waals surface area contributed by atoms with E-state index in [4.69, 9.17) is 18.4 Å². The molecule has 1 aliphatic heterocycles. The van der Waals surface area contributed by atoms with E-state index in [9.17, 15) is 5.26 Å². The Morgan fingerprint density at radius 2 is 1.90 bits per heavy atom. The van der Waals surface area contributed by atoms with E-state index in [1.165, 1.54) is 0 Å². The second-order valence-corrected chi connectivity index (χ2v) is 6.79. The van der Waals surface area contributed by atoms with Crippen molar-refractivity contribution in [1.29, 1.82) is 5.26 Å². The molecular formula is C20H21N5O4. The molecule has 0 radical (unpaired) electrons. The van der Waals surface area contributed by atoms with Gasteiger partial charge in [-0.05, 0) is 31.0 Å². The van der Waals surface area contributed by atoms with Crippen molar-refractivity contribution >= 4 is 5.88 Å². The maximum Gasteiger partial charge on any atom is 0.234 e. The highest BCUT2D eigenvalue weighted by Crippen LogP contribution is 2.34. The highest BCUT2D eigenvalue weighted by atomic mass is 16.5. The van der Waals surface area contributed by atoms with Gasteiger partial charge in [-0.25, -0.2) is 4.98 Å². The van der Waals surface area contributed by atoms with Gasteiger partial charge < -0.3 is 23.3 Å². The fraction of sp³-hybridized carbons (Fsp3) is 0.400. The summed E-state index contributed by atoms with van der Waals surface area (Å²) in [4.78, 5) is 10.7. The SMILES string of the molecule is COc1ccc(-c2noc(C3CCN(c4oc(C)nc4C#N)CC3)n2)cc1OC. The van der Waals surface area contributed by atoms with Gasteiger partial charge in [0.25, 0.3) is 0 Å². The van der Waals surface area contributed by atoms with Gasteiger partial charge in [-0.1, -0.05) is 5.16 Å². The first-order valence-electron chi connectivity index (χ1n) is 9.31. The maximum atomic E-state index is 9.22. The van der Waals surface area contributed by atoms with Crippen LogP contribution in [-0.4, -0.2) is 42.4 Å². The first-order valence-corrected chi connectivity index (χ1v) is 9.31. The molecule has 1 fully saturated rings. The number of ether oxygens (including phenoxy) is 2. The molecule has 3 aromatic rings. The molecule has 0 atom stereocenters. The van der Waals surface area contributed by atoms with Crippen LogP contribution in [0.4, 0.5) is 5.88 Å². The van der Waals surface area contributed by atoms with Gasteiger partial charge in [0.1, 0.15) is 6.07 Å². The number of aryl methyl sites for hydroxylation is 1. The largest absolute Gasteiger partial charge is 0.493 e. The molecule has 29 heavy (non-hydrogen) atoms. The molecule has 0 unspecified atom stereocenters. The van der Waals surface area contributed by atoms with Crippen LogP contribution in [0.15, 0.2) is 27.1 Å². The van der Waals surface area contributed by atoms with Crippen molar-refractivity contribution in [3.8, 4) is 29.0 Å². The quantitative estimate of drug-likeness (QED) is 0.642. The van der Waals surface area contributed by atoms with Gasteiger partial charge in [0, 0.05) is 31.5 Å². The Hall–Kier alpha value is -3.54. The van der Waals surface area contributed by atoms with E-state index in [2.05, 4.69) is 21.2 Å². The zero-order chi connectivity index (χ0) is 20.4. The Morgan fingerprint density at radius 3 is 2.59 bits per heavy atom. The number of benzene rings is 1. The number of hydrogen-bond acceptors (Lipinski definition) is 9. The predicted molar refractivity (Wildman–Crippen MR) is 103 cm³/mol. The minimum absolute atomic E-state index is 0.155. The Kier molecular flexibility index (Phi) is 5.08. The Labute approximate surface area is 167 Å². The molecule has 0 saturated carbocycles. The highest BCUT2D eigenvalue weighted by molar-refractivity contribution is 5.60. The predicted octanol–water partition coefficient (Wildman–Crippen LogP) is 3.31. The van der Waals surface area contributed by atoms with Crippen molar-refractivity contribution in [2.45, 2.75) is 25.7 Å². The van der Waals surface area contributed by atoms with E-state index < -0.39 is 0 Å². The van der Waals surface area contributed by atoms with Crippen molar-refractivity contribution < 1.29 is 18.4 Å². The fourth-order valence-electron chi connectivity index (χ4n) is 3.53. The zero-order valence-electron chi connectivity index (χ0n) is 16.5. The summed E-state index contributed by atoms with van der Waals surface area (Å²) in [6.07, 6.45) is 1.64. The van der Waals surface area contributed by atoms with E-state index in [-0.39, 0.29) is 5.92 Å². The molecular weight excluding hydrogens is 374 g/mol. The standard InChI is InChI=1S/C20H21N5O4/c1-12-22-15(11-21)20(28-12)25-8-6-13(7-9-25)19-23-18(24-29-19)14-4-5-16(26-2)17(10-14)27-3/h4-5,10,13H,6-9H2,1-3H3. The van der Waals surface area contributed by atoms with Gasteiger partial charge in [-0.2, -0.15) is 10.2 Å². The molecule has 1 aliphatic rings. The Balaban J connectivity index is 1.47. The lowest BCUT2D eigenvalue weighted by molar-refractivity contribution is 0.326. The average molecular weight is 395 g/mol. The molecule has 2 aromatic heterocycles. The lowest BCUT2D eigenvalue weighted by Crippen LogP contribution is -2.33. The van der Waals surface area contributed by atoms with Crippen molar-refractivity contribution in [1.82, 2.24) is 15.1 Å². The van der Waals surface area contributed by atoms with E-state index in [1.54, 1.807) is 21.1 Å². The van der Waals surface area contributed by atoms with Crippen LogP contribution < -0.4 is 14.4 Å². The maximum absolute atomic E-state index is 9.22. The second kappa shape index (κ2) is 7.83. The summed E-state index contributed by atoms with van der Waals surface area (Å²) in [6, 6.07) is 7.60. The minimum Gasteiger partial charge on any atom is -0.493 e. The van der Waals surface area contributed by atoms with Crippen molar-refractivity contribution in [2.24, 2.45) is 0 Å². The van der Waals surface area contributed by atoms with Crippen LogP contribution in [0.5, 0.6) is 11.5 Å². The van der Waals surface area contributed by atoms with Crippen LogP contribution in [0.1, 0.15) is 36.2 Å². The monoisotopic (exact) mass is 395 g/mol. The molecule has 9 heteroatoms. The summed E-state index contributed by atoms with van der Waals surface area (Å²) in [7, 11) is 3.18. The number of oxazole rings is 1. The third-order valence-corrected chi connectivity index (χ3v) is 5.04. The van der Waals surface area contributed by atoms with Crippen LogP contribution in [0, 0.1) is 18.3 Å². The van der Waals surface area contributed by atoms with Gasteiger partial charge in [0.15, 0.2) is 17.4 Å². The summed E-state index contributed by atoms with van der Waals surface area (Å²) in [6.45, 7) is 3.19. The number of nitrogens with zero attached hydrogens (tertiary/aromatic N) is 5. The third-order valence-electron chi connectivity index (χ3n) is 5.04. The third kappa shape index (κ3) is 3.61. The second-order valence-electron chi connectivity index (χ2n) is 6.79. The number of piperidine rings is 1. The first-order chi connectivity index (χ1) is 14.1.